The maximum atomic E-state index is 12.8. The Labute approximate surface area is 82.3 Å². The van der Waals surface area contributed by atoms with E-state index in [0.29, 0.717) is 5.56 Å². The zero-order chi connectivity index (χ0) is 10.6. The average Bonchev–Trinajstić information content (AvgIpc) is 2.17. The summed E-state index contributed by atoms with van der Waals surface area (Å²) in [5.41, 5.74) is 5.66. The molecule has 0 aliphatic carbocycles. The summed E-state index contributed by atoms with van der Waals surface area (Å²) < 4.78 is 12.8. The molecular weight excluding hydrogens is 183 g/mol. The van der Waals surface area contributed by atoms with Crippen LogP contribution in [0, 0.1) is 5.82 Å². The average molecular weight is 196 g/mol. The van der Waals surface area contributed by atoms with E-state index >= 15 is 0 Å². The van der Waals surface area contributed by atoms with Crippen LogP contribution in [-0.2, 0) is 4.79 Å². The number of rotatable bonds is 3. The van der Waals surface area contributed by atoms with Crippen molar-refractivity contribution in [3.8, 4) is 0 Å². The summed E-state index contributed by atoms with van der Waals surface area (Å²) in [7, 11) is 1.61. The van der Waals surface area contributed by atoms with Gasteiger partial charge in [0, 0.05) is 7.05 Å². The van der Waals surface area contributed by atoms with Crippen molar-refractivity contribution in [2.24, 2.45) is 0 Å². The van der Waals surface area contributed by atoms with Gasteiger partial charge in [0.2, 0.25) is 5.91 Å². The molecular formula is C10H13FN2O. The number of carbonyl (C=O) groups is 1. The van der Waals surface area contributed by atoms with Gasteiger partial charge in [0.1, 0.15) is 5.82 Å². The monoisotopic (exact) mass is 196 g/mol. The van der Waals surface area contributed by atoms with Crippen LogP contribution in [0.25, 0.3) is 0 Å². The quantitative estimate of drug-likeness (QED) is 0.713. The summed E-state index contributed by atoms with van der Waals surface area (Å²) in [5, 5.41) is 0. The molecule has 0 bridgehead atoms. The second kappa shape index (κ2) is 4.72. The van der Waals surface area contributed by atoms with Crippen molar-refractivity contribution in [3.63, 3.8) is 0 Å². The van der Waals surface area contributed by atoms with Crippen LogP contribution in [0.4, 0.5) is 4.39 Å². The Hall–Kier alpha value is -1.42. The molecule has 4 heteroatoms. The van der Waals surface area contributed by atoms with Crippen molar-refractivity contribution in [1.82, 2.24) is 10.9 Å². The van der Waals surface area contributed by atoms with Crippen LogP contribution in [-0.4, -0.2) is 13.0 Å². The minimum Gasteiger partial charge on any atom is -0.291 e. The van der Waals surface area contributed by atoms with Gasteiger partial charge in [0.05, 0.1) is 5.92 Å². The zero-order valence-corrected chi connectivity index (χ0v) is 8.17. The molecule has 0 aromatic heterocycles. The molecule has 0 aliphatic rings. The lowest BCUT2D eigenvalue weighted by Gasteiger charge is -2.11. The molecule has 3 nitrogen and oxygen atoms in total. The van der Waals surface area contributed by atoms with E-state index in [1.165, 1.54) is 12.1 Å². The smallest absolute Gasteiger partial charge is 0.241 e. The largest absolute Gasteiger partial charge is 0.291 e. The summed E-state index contributed by atoms with van der Waals surface area (Å²) in [6.07, 6.45) is 0. The molecule has 76 valence electrons. The van der Waals surface area contributed by atoms with Crippen molar-refractivity contribution in [2.75, 3.05) is 7.05 Å². The minimum absolute atomic E-state index is 0.182. The molecule has 1 unspecified atom stereocenters. The Balaban J connectivity index is 2.78. The van der Waals surface area contributed by atoms with Crippen LogP contribution in [0.5, 0.6) is 0 Å². The molecule has 1 atom stereocenters. The van der Waals surface area contributed by atoms with Crippen molar-refractivity contribution in [2.45, 2.75) is 12.8 Å². The van der Waals surface area contributed by atoms with Gasteiger partial charge < -0.3 is 0 Å². The zero-order valence-electron chi connectivity index (χ0n) is 8.17. The molecule has 0 saturated heterocycles. The third-order valence-electron chi connectivity index (χ3n) is 1.99. The summed E-state index contributed by atoms with van der Waals surface area (Å²) in [4.78, 5) is 11.4. The molecule has 1 aromatic rings. The van der Waals surface area contributed by atoms with E-state index in [4.69, 9.17) is 0 Å². The lowest BCUT2D eigenvalue weighted by Crippen LogP contribution is -2.37. The Morgan fingerprint density at radius 3 is 2.79 bits per heavy atom. The van der Waals surface area contributed by atoms with E-state index < -0.39 is 0 Å². The first-order valence-electron chi connectivity index (χ1n) is 4.37. The molecule has 0 heterocycles. The van der Waals surface area contributed by atoms with Gasteiger partial charge >= 0.3 is 0 Å². The van der Waals surface area contributed by atoms with E-state index in [0.717, 1.165) is 0 Å². The molecule has 1 amide bonds. The third kappa shape index (κ3) is 2.53. The van der Waals surface area contributed by atoms with Crippen LogP contribution < -0.4 is 10.9 Å². The third-order valence-corrected chi connectivity index (χ3v) is 1.99. The number of nitrogens with one attached hydrogen (secondary N) is 2. The maximum Gasteiger partial charge on any atom is 0.241 e. The number of hydrogen-bond acceptors (Lipinski definition) is 2. The fraction of sp³-hybridized carbons (Fsp3) is 0.300. The number of amides is 1. The fourth-order valence-corrected chi connectivity index (χ4v) is 1.16. The van der Waals surface area contributed by atoms with E-state index in [1.54, 1.807) is 26.1 Å². The highest BCUT2D eigenvalue weighted by Gasteiger charge is 2.14. The Morgan fingerprint density at radius 2 is 2.21 bits per heavy atom. The summed E-state index contributed by atoms with van der Waals surface area (Å²) in [6.45, 7) is 1.72. The lowest BCUT2D eigenvalue weighted by molar-refractivity contribution is -0.123. The van der Waals surface area contributed by atoms with Gasteiger partial charge in [0.25, 0.3) is 0 Å². The first kappa shape index (κ1) is 10.7. The van der Waals surface area contributed by atoms with Gasteiger partial charge in [0.15, 0.2) is 0 Å². The molecule has 0 spiro atoms. The van der Waals surface area contributed by atoms with Crippen LogP contribution in [0.2, 0.25) is 0 Å². The predicted octanol–water partition coefficient (Wildman–Crippen LogP) is 1.18. The van der Waals surface area contributed by atoms with Gasteiger partial charge in [-0.1, -0.05) is 12.1 Å². The molecule has 2 N–H and O–H groups in total. The van der Waals surface area contributed by atoms with Crippen molar-refractivity contribution >= 4 is 5.91 Å². The first-order valence-corrected chi connectivity index (χ1v) is 4.37. The lowest BCUT2D eigenvalue weighted by atomic mass is 10.0. The van der Waals surface area contributed by atoms with Crippen LogP contribution in [0.1, 0.15) is 18.4 Å². The van der Waals surface area contributed by atoms with Crippen molar-refractivity contribution in [3.05, 3.63) is 35.6 Å². The number of hydrazine groups is 1. The molecule has 1 rings (SSSR count). The summed E-state index contributed by atoms with van der Waals surface area (Å²) in [6, 6.07) is 6.03. The van der Waals surface area contributed by atoms with E-state index in [2.05, 4.69) is 10.9 Å². The van der Waals surface area contributed by atoms with E-state index in [-0.39, 0.29) is 17.6 Å². The van der Waals surface area contributed by atoms with E-state index in [9.17, 15) is 9.18 Å². The predicted molar refractivity (Wildman–Crippen MR) is 52.0 cm³/mol. The van der Waals surface area contributed by atoms with Gasteiger partial charge in [-0.05, 0) is 24.6 Å². The van der Waals surface area contributed by atoms with Gasteiger partial charge in [-0.15, -0.1) is 0 Å². The topological polar surface area (TPSA) is 41.1 Å². The fourth-order valence-electron chi connectivity index (χ4n) is 1.16. The Bertz CT molecular complexity index is 328. The second-order valence-electron chi connectivity index (χ2n) is 3.02. The number of halogens is 1. The highest BCUT2D eigenvalue weighted by molar-refractivity contribution is 5.82. The maximum absolute atomic E-state index is 12.8. The summed E-state index contributed by atoms with van der Waals surface area (Å²) >= 11 is 0. The molecule has 0 fully saturated rings. The highest BCUT2D eigenvalue weighted by Crippen LogP contribution is 2.15. The summed E-state index contributed by atoms with van der Waals surface area (Å²) in [5.74, 6) is -0.872. The van der Waals surface area contributed by atoms with Crippen molar-refractivity contribution < 1.29 is 9.18 Å². The highest BCUT2D eigenvalue weighted by atomic mass is 19.1. The number of hydrogen-bond donors (Lipinski definition) is 2. The molecule has 0 aliphatic heterocycles. The SMILES string of the molecule is CNNC(=O)C(C)c1cccc(F)c1. The van der Waals surface area contributed by atoms with Crippen molar-refractivity contribution in [1.29, 1.82) is 0 Å². The normalized spacial score (nSPS) is 12.2. The number of benzene rings is 1. The Kier molecular flexibility index (Phi) is 3.59. The standard InChI is InChI=1S/C10H13FN2O/c1-7(10(14)13-12-2)8-4-3-5-9(11)6-8/h3-7,12H,1-2H3,(H,13,14). The Morgan fingerprint density at radius 1 is 1.50 bits per heavy atom. The van der Waals surface area contributed by atoms with Crippen LogP contribution in [0.3, 0.4) is 0 Å². The minimum atomic E-state index is -0.363. The molecule has 14 heavy (non-hydrogen) atoms. The van der Waals surface area contributed by atoms with Crippen LogP contribution >= 0.6 is 0 Å². The first-order chi connectivity index (χ1) is 6.65. The molecule has 0 saturated carbocycles. The molecule has 1 aromatic carbocycles. The molecule has 0 radical (unpaired) electrons. The second-order valence-corrected chi connectivity index (χ2v) is 3.02. The number of carbonyl (C=O) groups excluding carboxylic acids is 1. The van der Waals surface area contributed by atoms with E-state index in [1.807, 2.05) is 0 Å². The van der Waals surface area contributed by atoms with Gasteiger partial charge in [-0.2, -0.15) is 0 Å². The van der Waals surface area contributed by atoms with Gasteiger partial charge in [-0.25, -0.2) is 9.82 Å². The van der Waals surface area contributed by atoms with Crippen LogP contribution in [0.15, 0.2) is 24.3 Å². The van der Waals surface area contributed by atoms with Gasteiger partial charge in [-0.3, -0.25) is 10.2 Å².